The summed E-state index contributed by atoms with van der Waals surface area (Å²) in [7, 11) is 0. The zero-order valence-electron chi connectivity index (χ0n) is 18.0. The molecule has 0 spiro atoms. The summed E-state index contributed by atoms with van der Waals surface area (Å²) in [5, 5.41) is 7.38. The van der Waals surface area contributed by atoms with E-state index >= 15 is 0 Å². The fourth-order valence-electron chi connectivity index (χ4n) is 3.08. The quantitative estimate of drug-likeness (QED) is 0.455. The Kier molecular flexibility index (Phi) is 7.07. The molecule has 2 aromatic carbocycles. The number of nitrogens with one attached hydrogen (secondary N) is 1. The van der Waals surface area contributed by atoms with E-state index in [1.54, 1.807) is 24.3 Å². The molecule has 0 aliphatic carbocycles. The maximum absolute atomic E-state index is 12.9. The largest absolute Gasteiger partial charge is 0.494 e. The molecule has 1 N–H and O–H groups in total. The molecule has 1 aliphatic heterocycles. The number of ether oxygens (including phenoxy) is 2. The van der Waals surface area contributed by atoms with Gasteiger partial charge in [0.1, 0.15) is 17.0 Å². The van der Waals surface area contributed by atoms with E-state index in [0.29, 0.717) is 23.7 Å². The first-order valence-electron chi connectivity index (χ1n) is 10.2. The summed E-state index contributed by atoms with van der Waals surface area (Å²) in [5.41, 5.74) is -0.284. The van der Waals surface area contributed by atoms with E-state index in [-0.39, 0.29) is 5.75 Å². The molecule has 0 aromatic heterocycles. The van der Waals surface area contributed by atoms with Crippen molar-refractivity contribution in [2.75, 3.05) is 6.61 Å². The number of carbonyl (C=O) groups is 2. The van der Waals surface area contributed by atoms with Crippen LogP contribution in [0.5, 0.6) is 11.5 Å². The second kappa shape index (κ2) is 9.76. The molecular formula is C23H25F2N3O4. The minimum Gasteiger partial charge on any atom is -0.494 e. The highest BCUT2D eigenvalue weighted by Gasteiger charge is 2.49. The van der Waals surface area contributed by atoms with Crippen molar-refractivity contribution < 1.29 is 27.8 Å². The number of alkyl halides is 2. The molecule has 0 unspecified atom stereocenters. The molecule has 2 aromatic rings. The third-order valence-corrected chi connectivity index (χ3v) is 4.99. The van der Waals surface area contributed by atoms with Crippen LogP contribution in [0.15, 0.2) is 53.6 Å². The molecule has 0 radical (unpaired) electrons. The van der Waals surface area contributed by atoms with Crippen LogP contribution in [-0.4, -0.2) is 36.4 Å². The number of nitrogens with zero attached hydrogens (tertiary/aromatic N) is 2. The molecule has 1 saturated heterocycles. The summed E-state index contributed by atoms with van der Waals surface area (Å²) >= 11 is 0. The lowest BCUT2D eigenvalue weighted by atomic mass is 9.92. The maximum atomic E-state index is 12.9. The van der Waals surface area contributed by atoms with Gasteiger partial charge in [0.05, 0.1) is 12.8 Å². The lowest BCUT2D eigenvalue weighted by molar-refractivity contribution is -0.131. The van der Waals surface area contributed by atoms with Crippen molar-refractivity contribution in [1.29, 1.82) is 0 Å². The topological polar surface area (TPSA) is 80.2 Å². The Bertz CT molecular complexity index is 978. The molecule has 1 heterocycles. The van der Waals surface area contributed by atoms with Crippen LogP contribution in [-0.2, 0) is 10.3 Å². The molecule has 3 rings (SSSR count). The summed E-state index contributed by atoms with van der Waals surface area (Å²) in [6.45, 7) is 3.45. The van der Waals surface area contributed by atoms with Gasteiger partial charge in [0, 0.05) is 0 Å². The third kappa shape index (κ3) is 5.40. The lowest BCUT2D eigenvalue weighted by Gasteiger charge is -2.21. The number of hydrogen-bond acceptors (Lipinski definition) is 5. The predicted octanol–water partition coefficient (Wildman–Crippen LogP) is 4.51. The summed E-state index contributed by atoms with van der Waals surface area (Å²) in [6.07, 6.45) is 2.36. The van der Waals surface area contributed by atoms with Gasteiger partial charge in [-0.3, -0.25) is 4.79 Å². The van der Waals surface area contributed by atoms with Crippen LogP contribution >= 0.6 is 0 Å². The Labute approximate surface area is 185 Å². The number of imide groups is 1. The Hall–Kier alpha value is -3.49. The van der Waals surface area contributed by atoms with Crippen molar-refractivity contribution in [3.8, 4) is 11.5 Å². The average Bonchev–Trinajstić information content (AvgIpc) is 2.96. The standard InChI is InChI=1S/C23H25F2N3O4/c1-15(2)12-13-31-18-8-4-16(5-9-18)14-26-28-20(29)23(3,27-22(28)30)17-6-10-19(11-7-17)32-21(24)25/h4-11,14-15,21H,12-13H2,1-3H3,(H,27,30)/b26-14-/t23-/m1/s1. The Morgan fingerprint density at radius 3 is 2.28 bits per heavy atom. The first-order chi connectivity index (χ1) is 15.2. The van der Waals surface area contributed by atoms with E-state index in [1.807, 2.05) is 0 Å². The summed E-state index contributed by atoms with van der Waals surface area (Å²) < 4.78 is 34.6. The van der Waals surface area contributed by atoms with Crippen molar-refractivity contribution >= 4 is 18.2 Å². The minimum atomic E-state index is -2.95. The van der Waals surface area contributed by atoms with Crippen LogP contribution in [0, 0.1) is 5.92 Å². The molecule has 0 bridgehead atoms. The van der Waals surface area contributed by atoms with Gasteiger partial charge < -0.3 is 14.8 Å². The number of amides is 3. The van der Waals surface area contributed by atoms with Crippen molar-refractivity contribution in [2.45, 2.75) is 39.3 Å². The van der Waals surface area contributed by atoms with Crippen LogP contribution in [0.1, 0.15) is 38.3 Å². The maximum Gasteiger partial charge on any atom is 0.387 e. The fraction of sp³-hybridized carbons (Fsp3) is 0.348. The smallest absolute Gasteiger partial charge is 0.387 e. The van der Waals surface area contributed by atoms with Gasteiger partial charge >= 0.3 is 12.6 Å². The normalized spacial score (nSPS) is 18.7. The van der Waals surface area contributed by atoms with Crippen molar-refractivity contribution in [3.05, 3.63) is 59.7 Å². The minimum absolute atomic E-state index is 0.0457. The molecule has 32 heavy (non-hydrogen) atoms. The molecule has 3 amide bonds. The van der Waals surface area contributed by atoms with Gasteiger partial charge in [-0.1, -0.05) is 26.0 Å². The van der Waals surface area contributed by atoms with E-state index < -0.39 is 24.1 Å². The fourth-order valence-corrected chi connectivity index (χ4v) is 3.08. The van der Waals surface area contributed by atoms with Crippen LogP contribution in [0.25, 0.3) is 0 Å². The van der Waals surface area contributed by atoms with Gasteiger partial charge in [0.2, 0.25) is 0 Å². The number of hydrazone groups is 1. The highest BCUT2D eigenvalue weighted by molar-refractivity contribution is 6.07. The predicted molar refractivity (Wildman–Crippen MR) is 115 cm³/mol. The second-order valence-electron chi connectivity index (χ2n) is 7.92. The zero-order chi connectivity index (χ0) is 23.3. The van der Waals surface area contributed by atoms with Crippen LogP contribution in [0.2, 0.25) is 0 Å². The lowest BCUT2D eigenvalue weighted by Crippen LogP contribution is -2.40. The first-order valence-corrected chi connectivity index (χ1v) is 10.2. The van der Waals surface area contributed by atoms with Gasteiger partial charge in [-0.15, -0.1) is 5.01 Å². The van der Waals surface area contributed by atoms with Crippen LogP contribution in [0.4, 0.5) is 13.6 Å². The second-order valence-corrected chi connectivity index (χ2v) is 7.92. The number of urea groups is 1. The molecule has 1 aliphatic rings. The number of rotatable bonds is 9. The Morgan fingerprint density at radius 2 is 1.69 bits per heavy atom. The van der Waals surface area contributed by atoms with Crippen molar-refractivity contribution in [2.24, 2.45) is 11.0 Å². The number of benzene rings is 2. The van der Waals surface area contributed by atoms with E-state index in [0.717, 1.165) is 17.2 Å². The molecule has 170 valence electrons. The van der Waals surface area contributed by atoms with Gasteiger partial charge in [0.25, 0.3) is 5.91 Å². The van der Waals surface area contributed by atoms with E-state index in [1.165, 1.54) is 37.4 Å². The van der Waals surface area contributed by atoms with Crippen LogP contribution in [0.3, 0.4) is 0 Å². The molecular weight excluding hydrogens is 420 g/mol. The van der Waals surface area contributed by atoms with Gasteiger partial charge in [-0.05, 0) is 66.8 Å². The number of hydrogen-bond donors (Lipinski definition) is 1. The summed E-state index contributed by atoms with van der Waals surface area (Å²) in [6, 6.07) is 12.0. The molecule has 1 fully saturated rings. The highest BCUT2D eigenvalue weighted by atomic mass is 19.3. The molecule has 7 nitrogen and oxygen atoms in total. The van der Waals surface area contributed by atoms with Gasteiger partial charge in [-0.25, -0.2) is 4.79 Å². The van der Waals surface area contributed by atoms with Gasteiger partial charge in [-0.2, -0.15) is 13.9 Å². The van der Waals surface area contributed by atoms with E-state index in [9.17, 15) is 18.4 Å². The number of halogens is 2. The van der Waals surface area contributed by atoms with Gasteiger partial charge in [0.15, 0.2) is 0 Å². The molecule has 9 heteroatoms. The monoisotopic (exact) mass is 445 g/mol. The molecule has 0 saturated carbocycles. The summed E-state index contributed by atoms with van der Waals surface area (Å²) in [5.74, 6) is 0.648. The first kappa shape index (κ1) is 23.2. The highest BCUT2D eigenvalue weighted by Crippen LogP contribution is 2.30. The average molecular weight is 445 g/mol. The molecule has 1 atom stereocenters. The Balaban J connectivity index is 1.67. The third-order valence-electron chi connectivity index (χ3n) is 4.99. The Morgan fingerprint density at radius 1 is 1.06 bits per heavy atom. The SMILES string of the molecule is CC(C)CCOc1ccc(/C=N\N2C(=O)N[C@](C)(c3ccc(OC(F)F)cc3)C2=O)cc1. The number of carbonyl (C=O) groups excluding carboxylic acids is 2. The van der Waals surface area contributed by atoms with E-state index in [2.05, 4.69) is 29.0 Å². The zero-order valence-corrected chi connectivity index (χ0v) is 18.0. The van der Waals surface area contributed by atoms with E-state index in [4.69, 9.17) is 4.74 Å². The summed E-state index contributed by atoms with van der Waals surface area (Å²) in [4.78, 5) is 25.3. The van der Waals surface area contributed by atoms with Crippen molar-refractivity contribution in [1.82, 2.24) is 10.3 Å². The van der Waals surface area contributed by atoms with Crippen molar-refractivity contribution in [3.63, 3.8) is 0 Å². The van der Waals surface area contributed by atoms with Crippen LogP contribution < -0.4 is 14.8 Å².